The Morgan fingerprint density at radius 2 is 1.81 bits per heavy atom. The molecule has 0 bridgehead atoms. The van der Waals surface area contributed by atoms with Crippen molar-refractivity contribution in [2.75, 3.05) is 7.05 Å². The van der Waals surface area contributed by atoms with Gasteiger partial charge in [0.15, 0.2) is 0 Å². The first kappa shape index (κ1) is 14.3. The molecule has 3 aromatic rings. The van der Waals surface area contributed by atoms with E-state index in [1.807, 2.05) is 47.2 Å². The van der Waals surface area contributed by atoms with Crippen LogP contribution >= 0.6 is 11.3 Å². The van der Waals surface area contributed by atoms with Crippen molar-refractivity contribution in [3.05, 3.63) is 64.9 Å². The van der Waals surface area contributed by atoms with Crippen molar-refractivity contribution in [3.8, 4) is 0 Å². The normalized spacial score (nSPS) is 12.1. The fraction of sp³-hybridized carbons (Fsp3) is 0.125. The number of hydrogen-bond acceptors (Lipinski definition) is 3. The molecule has 5 heteroatoms. The molecule has 0 saturated carbocycles. The first-order valence-electron chi connectivity index (χ1n) is 6.54. The van der Waals surface area contributed by atoms with Gasteiger partial charge in [0.05, 0.1) is 4.90 Å². The van der Waals surface area contributed by atoms with Crippen LogP contribution in [0.2, 0.25) is 0 Å². The number of sulfonamides is 1. The summed E-state index contributed by atoms with van der Waals surface area (Å²) in [6.45, 7) is 0.384. The molecule has 0 N–H and O–H groups in total. The van der Waals surface area contributed by atoms with Crippen molar-refractivity contribution in [2.45, 2.75) is 11.4 Å². The van der Waals surface area contributed by atoms with E-state index in [0.29, 0.717) is 11.4 Å². The lowest BCUT2D eigenvalue weighted by molar-refractivity contribution is 0.468. The van der Waals surface area contributed by atoms with Gasteiger partial charge in [0.1, 0.15) is 0 Å². The SMILES string of the molecule is CN(Cc1ccsc1)S(=O)(=O)c1cccc2ccccc12. The van der Waals surface area contributed by atoms with E-state index < -0.39 is 10.0 Å². The molecule has 0 fully saturated rings. The maximum Gasteiger partial charge on any atom is 0.243 e. The van der Waals surface area contributed by atoms with Crippen LogP contribution in [0.3, 0.4) is 0 Å². The van der Waals surface area contributed by atoms with Crippen molar-refractivity contribution in [3.63, 3.8) is 0 Å². The van der Waals surface area contributed by atoms with E-state index in [1.165, 1.54) is 4.31 Å². The van der Waals surface area contributed by atoms with Crippen LogP contribution in [-0.4, -0.2) is 19.8 Å². The number of benzene rings is 2. The Balaban J connectivity index is 2.04. The van der Waals surface area contributed by atoms with E-state index >= 15 is 0 Å². The smallest absolute Gasteiger partial charge is 0.207 e. The molecule has 1 aromatic heterocycles. The lowest BCUT2D eigenvalue weighted by Gasteiger charge is -2.18. The highest BCUT2D eigenvalue weighted by molar-refractivity contribution is 7.89. The predicted octanol–water partition coefficient (Wildman–Crippen LogP) is 3.72. The second-order valence-corrected chi connectivity index (χ2v) is 7.66. The Hall–Kier alpha value is -1.69. The minimum Gasteiger partial charge on any atom is -0.207 e. The van der Waals surface area contributed by atoms with Crippen LogP contribution in [0.1, 0.15) is 5.56 Å². The van der Waals surface area contributed by atoms with Crippen LogP contribution in [0.15, 0.2) is 64.2 Å². The van der Waals surface area contributed by atoms with Crippen molar-refractivity contribution in [2.24, 2.45) is 0 Å². The second-order valence-electron chi connectivity index (χ2n) is 4.87. The van der Waals surface area contributed by atoms with Gasteiger partial charge in [-0.3, -0.25) is 0 Å². The predicted molar refractivity (Wildman–Crippen MR) is 86.9 cm³/mol. The third-order valence-corrected chi connectivity index (χ3v) is 6.02. The van der Waals surface area contributed by atoms with E-state index in [4.69, 9.17) is 0 Å². The molecule has 108 valence electrons. The summed E-state index contributed by atoms with van der Waals surface area (Å²) in [6.07, 6.45) is 0. The maximum absolute atomic E-state index is 12.8. The van der Waals surface area contributed by atoms with Gasteiger partial charge in [-0.1, -0.05) is 36.4 Å². The van der Waals surface area contributed by atoms with Crippen LogP contribution in [0.25, 0.3) is 10.8 Å². The van der Waals surface area contributed by atoms with Crippen LogP contribution in [-0.2, 0) is 16.6 Å². The van der Waals surface area contributed by atoms with Gasteiger partial charge in [0.25, 0.3) is 0 Å². The summed E-state index contributed by atoms with van der Waals surface area (Å²) >= 11 is 1.57. The fourth-order valence-corrected chi connectivity index (χ4v) is 4.34. The second kappa shape index (κ2) is 5.60. The minimum atomic E-state index is -3.50. The molecule has 0 saturated heterocycles. The van der Waals surface area contributed by atoms with Crippen molar-refractivity contribution in [1.29, 1.82) is 0 Å². The highest BCUT2D eigenvalue weighted by atomic mass is 32.2. The van der Waals surface area contributed by atoms with Gasteiger partial charge >= 0.3 is 0 Å². The molecule has 21 heavy (non-hydrogen) atoms. The van der Waals surface area contributed by atoms with Crippen molar-refractivity contribution in [1.82, 2.24) is 4.31 Å². The fourth-order valence-electron chi connectivity index (χ4n) is 2.31. The molecule has 3 nitrogen and oxygen atoms in total. The van der Waals surface area contributed by atoms with Gasteiger partial charge in [-0.05, 0) is 33.8 Å². The number of nitrogens with zero attached hydrogens (tertiary/aromatic N) is 1. The molecule has 0 aliphatic carbocycles. The lowest BCUT2D eigenvalue weighted by atomic mass is 10.1. The van der Waals surface area contributed by atoms with E-state index in [0.717, 1.165) is 16.3 Å². The van der Waals surface area contributed by atoms with E-state index in [1.54, 1.807) is 30.5 Å². The summed E-state index contributed by atoms with van der Waals surface area (Å²) in [4.78, 5) is 0.360. The zero-order valence-corrected chi connectivity index (χ0v) is 13.2. The topological polar surface area (TPSA) is 37.4 Å². The quantitative estimate of drug-likeness (QED) is 0.735. The summed E-state index contributed by atoms with van der Waals surface area (Å²) in [5.74, 6) is 0. The van der Waals surface area contributed by atoms with Gasteiger partial charge in [0.2, 0.25) is 10.0 Å². The molecule has 0 radical (unpaired) electrons. The molecular formula is C16H15NO2S2. The van der Waals surface area contributed by atoms with Gasteiger partial charge in [-0.15, -0.1) is 0 Å². The summed E-state index contributed by atoms with van der Waals surface area (Å²) in [6, 6.07) is 14.9. The first-order chi connectivity index (χ1) is 10.1. The number of fused-ring (bicyclic) bond motifs is 1. The van der Waals surface area contributed by atoms with Gasteiger partial charge < -0.3 is 0 Å². The molecule has 3 rings (SSSR count). The number of hydrogen-bond donors (Lipinski definition) is 0. The zero-order chi connectivity index (χ0) is 14.9. The molecule has 0 amide bonds. The average Bonchev–Trinajstić information content (AvgIpc) is 2.99. The van der Waals surface area contributed by atoms with Gasteiger partial charge in [-0.25, -0.2) is 8.42 Å². The third kappa shape index (κ3) is 2.72. The molecule has 0 aliphatic rings. The largest absolute Gasteiger partial charge is 0.243 e. The Morgan fingerprint density at radius 3 is 2.57 bits per heavy atom. The molecule has 0 atom stereocenters. The standard InChI is InChI=1S/C16H15NO2S2/c1-17(11-13-9-10-20-12-13)21(18,19)16-8-4-6-14-5-2-3-7-15(14)16/h2-10,12H,11H2,1H3. The Morgan fingerprint density at radius 1 is 1.05 bits per heavy atom. The minimum absolute atomic E-state index is 0.360. The molecule has 0 unspecified atom stereocenters. The van der Waals surface area contributed by atoms with Crippen molar-refractivity contribution < 1.29 is 8.42 Å². The summed E-state index contributed by atoms with van der Waals surface area (Å²) in [5.41, 5.74) is 1.01. The Labute approximate surface area is 128 Å². The summed E-state index contributed by atoms with van der Waals surface area (Å²) < 4.78 is 27.0. The molecular weight excluding hydrogens is 302 g/mol. The third-order valence-electron chi connectivity index (χ3n) is 3.42. The average molecular weight is 317 g/mol. The van der Waals surface area contributed by atoms with E-state index in [-0.39, 0.29) is 0 Å². The highest BCUT2D eigenvalue weighted by Crippen LogP contribution is 2.26. The Bertz CT molecular complexity index is 850. The maximum atomic E-state index is 12.8. The molecule has 0 aliphatic heterocycles. The monoisotopic (exact) mass is 317 g/mol. The molecule has 1 heterocycles. The first-order valence-corrected chi connectivity index (χ1v) is 8.92. The number of thiophene rings is 1. The van der Waals surface area contributed by atoms with E-state index in [2.05, 4.69) is 0 Å². The summed E-state index contributed by atoms with van der Waals surface area (Å²) in [7, 11) is -1.88. The van der Waals surface area contributed by atoms with Crippen LogP contribution < -0.4 is 0 Å². The van der Waals surface area contributed by atoms with Crippen LogP contribution in [0.5, 0.6) is 0 Å². The van der Waals surface area contributed by atoms with Crippen molar-refractivity contribution >= 4 is 32.1 Å². The van der Waals surface area contributed by atoms with Gasteiger partial charge in [-0.2, -0.15) is 15.6 Å². The lowest BCUT2D eigenvalue weighted by Crippen LogP contribution is -2.26. The highest BCUT2D eigenvalue weighted by Gasteiger charge is 2.23. The summed E-state index contributed by atoms with van der Waals surface area (Å²) in [5, 5.41) is 5.61. The molecule has 2 aromatic carbocycles. The Kier molecular flexibility index (Phi) is 3.80. The van der Waals surface area contributed by atoms with Crippen LogP contribution in [0.4, 0.5) is 0 Å². The molecule has 0 spiro atoms. The van der Waals surface area contributed by atoms with Crippen LogP contribution in [0, 0.1) is 0 Å². The van der Waals surface area contributed by atoms with Gasteiger partial charge in [0, 0.05) is 19.0 Å². The zero-order valence-electron chi connectivity index (χ0n) is 11.6. The van der Waals surface area contributed by atoms with E-state index in [9.17, 15) is 8.42 Å². The number of rotatable bonds is 4.